The Bertz CT molecular complexity index is 817. The number of rotatable bonds is 5. The van der Waals surface area contributed by atoms with E-state index in [1.165, 1.54) is 13.8 Å². The van der Waals surface area contributed by atoms with E-state index in [4.69, 9.17) is 9.15 Å². The van der Waals surface area contributed by atoms with Crippen LogP contribution in [0.3, 0.4) is 0 Å². The molecule has 6 heteroatoms. The van der Waals surface area contributed by atoms with E-state index >= 15 is 0 Å². The molecule has 0 aliphatic rings. The summed E-state index contributed by atoms with van der Waals surface area (Å²) in [4.78, 5) is 35.8. The number of furan rings is 1. The fourth-order valence-corrected chi connectivity index (χ4v) is 2.52. The lowest BCUT2D eigenvalue weighted by molar-refractivity contribution is -0.114. The predicted octanol–water partition coefficient (Wildman–Crippen LogP) is 3.59. The van der Waals surface area contributed by atoms with Crippen LogP contribution in [0.4, 0.5) is 5.69 Å². The minimum atomic E-state index is -0.937. The Kier molecular flexibility index (Phi) is 5.41. The fraction of sp³-hybridized carbons (Fsp3) is 0.316. The van der Waals surface area contributed by atoms with Gasteiger partial charge >= 0.3 is 5.97 Å². The molecule has 1 heterocycles. The number of ketones is 1. The lowest BCUT2D eigenvalue weighted by Gasteiger charge is -2.13. The molecule has 1 N–H and O–H groups in total. The lowest BCUT2D eigenvalue weighted by Crippen LogP contribution is -2.25. The second-order valence-corrected chi connectivity index (χ2v) is 5.88. The molecule has 0 bridgehead atoms. The van der Waals surface area contributed by atoms with Crippen LogP contribution in [0.15, 0.2) is 28.7 Å². The molecule has 0 aliphatic carbocycles. The molecule has 25 heavy (non-hydrogen) atoms. The average Bonchev–Trinajstić information content (AvgIpc) is 2.79. The number of Topliss-reactive ketones (excluding diaryl/α,β-unsaturated/α-hetero) is 1. The zero-order chi connectivity index (χ0) is 18.7. The molecule has 2 rings (SSSR count). The van der Waals surface area contributed by atoms with E-state index in [1.807, 2.05) is 0 Å². The van der Waals surface area contributed by atoms with E-state index < -0.39 is 12.1 Å². The van der Waals surface area contributed by atoms with Gasteiger partial charge in [-0.3, -0.25) is 9.59 Å². The third kappa shape index (κ3) is 4.15. The Balaban J connectivity index is 2.09. The average molecular weight is 343 g/mol. The quantitative estimate of drug-likeness (QED) is 0.662. The van der Waals surface area contributed by atoms with Crippen molar-refractivity contribution in [3.05, 3.63) is 52.5 Å². The van der Waals surface area contributed by atoms with Gasteiger partial charge in [-0.15, -0.1) is 0 Å². The SMILES string of the molecule is CC(=O)Nc1ccc(C(=O)[C@@H](C)OC(=O)c2c(C)oc(C)c2C)cc1. The Labute approximate surface area is 146 Å². The number of nitrogens with one attached hydrogen (secondary N) is 1. The van der Waals surface area contributed by atoms with Crippen molar-refractivity contribution in [1.82, 2.24) is 0 Å². The summed E-state index contributed by atoms with van der Waals surface area (Å²) in [5, 5.41) is 2.62. The summed E-state index contributed by atoms with van der Waals surface area (Å²) >= 11 is 0. The van der Waals surface area contributed by atoms with Crippen LogP contribution >= 0.6 is 0 Å². The molecule has 1 atom stereocenters. The summed E-state index contributed by atoms with van der Waals surface area (Å²) in [5.74, 6) is 0.0274. The monoisotopic (exact) mass is 343 g/mol. The highest BCUT2D eigenvalue weighted by Gasteiger charge is 2.25. The minimum absolute atomic E-state index is 0.192. The van der Waals surface area contributed by atoms with Gasteiger partial charge in [-0.25, -0.2) is 4.79 Å². The molecular formula is C19H21NO5. The van der Waals surface area contributed by atoms with Crippen LogP contribution in [0.5, 0.6) is 0 Å². The van der Waals surface area contributed by atoms with Crippen molar-refractivity contribution in [1.29, 1.82) is 0 Å². The highest BCUT2D eigenvalue weighted by atomic mass is 16.5. The van der Waals surface area contributed by atoms with Crippen molar-refractivity contribution in [3.8, 4) is 0 Å². The van der Waals surface area contributed by atoms with Crippen LogP contribution in [0.1, 0.15) is 51.6 Å². The number of aryl methyl sites for hydroxylation is 2. The van der Waals surface area contributed by atoms with Crippen molar-refractivity contribution >= 4 is 23.3 Å². The highest BCUT2D eigenvalue weighted by molar-refractivity contribution is 6.02. The number of hydrogen-bond acceptors (Lipinski definition) is 5. The Morgan fingerprint density at radius 2 is 1.64 bits per heavy atom. The first-order valence-corrected chi connectivity index (χ1v) is 7.90. The van der Waals surface area contributed by atoms with E-state index in [0.29, 0.717) is 33.9 Å². The van der Waals surface area contributed by atoms with Crippen molar-refractivity contribution in [2.45, 2.75) is 40.7 Å². The molecular weight excluding hydrogens is 322 g/mol. The minimum Gasteiger partial charge on any atom is -0.465 e. The summed E-state index contributed by atoms with van der Waals surface area (Å²) in [7, 11) is 0. The van der Waals surface area contributed by atoms with Crippen molar-refractivity contribution < 1.29 is 23.5 Å². The van der Waals surface area contributed by atoms with Gasteiger partial charge in [0.2, 0.25) is 11.7 Å². The van der Waals surface area contributed by atoms with Gasteiger partial charge in [0.25, 0.3) is 0 Å². The second kappa shape index (κ2) is 7.34. The summed E-state index contributed by atoms with van der Waals surface area (Å²) in [5.41, 5.74) is 2.06. The van der Waals surface area contributed by atoms with Crippen LogP contribution in [-0.4, -0.2) is 23.8 Å². The zero-order valence-corrected chi connectivity index (χ0v) is 14.9. The number of ether oxygens (including phenoxy) is 1. The van der Waals surface area contributed by atoms with E-state index in [2.05, 4.69) is 5.32 Å². The molecule has 0 unspecified atom stereocenters. The smallest absolute Gasteiger partial charge is 0.342 e. The van der Waals surface area contributed by atoms with Crippen LogP contribution in [0.25, 0.3) is 0 Å². The number of benzene rings is 1. The first kappa shape index (κ1) is 18.4. The summed E-state index contributed by atoms with van der Waals surface area (Å²) in [6, 6.07) is 6.40. The molecule has 1 amide bonds. The molecule has 2 aromatic rings. The van der Waals surface area contributed by atoms with E-state index in [1.54, 1.807) is 45.0 Å². The fourth-order valence-electron chi connectivity index (χ4n) is 2.52. The number of carbonyl (C=O) groups excluding carboxylic acids is 3. The van der Waals surface area contributed by atoms with Gasteiger partial charge in [0.15, 0.2) is 6.10 Å². The highest BCUT2D eigenvalue weighted by Crippen LogP contribution is 2.22. The van der Waals surface area contributed by atoms with E-state index in [-0.39, 0.29) is 11.7 Å². The van der Waals surface area contributed by atoms with E-state index in [0.717, 1.165) is 0 Å². The van der Waals surface area contributed by atoms with Gasteiger partial charge in [0, 0.05) is 23.7 Å². The molecule has 0 fully saturated rings. The zero-order valence-electron chi connectivity index (χ0n) is 14.9. The van der Waals surface area contributed by atoms with Crippen LogP contribution in [-0.2, 0) is 9.53 Å². The Morgan fingerprint density at radius 1 is 1.04 bits per heavy atom. The summed E-state index contributed by atoms with van der Waals surface area (Å²) < 4.78 is 10.7. The molecule has 1 aromatic carbocycles. The van der Waals surface area contributed by atoms with Gasteiger partial charge in [-0.05, 0) is 52.0 Å². The van der Waals surface area contributed by atoms with Crippen molar-refractivity contribution in [3.63, 3.8) is 0 Å². The van der Waals surface area contributed by atoms with Gasteiger partial charge in [0.1, 0.15) is 17.1 Å². The third-order valence-electron chi connectivity index (χ3n) is 3.91. The molecule has 0 spiro atoms. The molecule has 0 radical (unpaired) electrons. The van der Waals surface area contributed by atoms with Crippen molar-refractivity contribution in [2.24, 2.45) is 0 Å². The Morgan fingerprint density at radius 3 is 2.12 bits per heavy atom. The standard InChI is InChI=1S/C19H21NO5/c1-10-11(2)24-12(3)17(10)19(23)25-13(4)18(22)15-6-8-16(9-7-15)20-14(5)21/h6-9,13H,1-5H3,(H,20,21)/t13-/m1/s1. The maximum Gasteiger partial charge on any atom is 0.342 e. The number of esters is 1. The number of hydrogen-bond donors (Lipinski definition) is 1. The van der Waals surface area contributed by atoms with Gasteiger partial charge < -0.3 is 14.5 Å². The summed E-state index contributed by atoms with van der Waals surface area (Å²) in [6.07, 6.45) is -0.937. The maximum absolute atomic E-state index is 12.4. The van der Waals surface area contributed by atoms with Gasteiger partial charge in [-0.1, -0.05) is 0 Å². The van der Waals surface area contributed by atoms with Crippen LogP contribution in [0.2, 0.25) is 0 Å². The third-order valence-corrected chi connectivity index (χ3v) is 3.91. The van der Waals surface area contributed by atoms with Gasteiger partial charge in [-0.2, -0.15) is 0 Å². The molecule has 0 saturated heterocycles. The Hall–Kier alpha value is -2.89. The van der Waals surface area contributed by atoms with E-state index in [9.17, 15) is 14.4 Å². The normalized spacial score (nSPS) is 11.7. The molecule has 0 aliphatic heterocycles. The van der Waals surface area contributed by atoms with Crippen molar-refractivity contribution in [2.75, 3.05) is 5.32 Å². The van der Waals surface area contributed by atoms with Crippen LogP contribution < -0.4 is 5.32 Å². The molecule has 1 aromatic heterocycles. The van der Waals surface area contributed by atoms with Crippen LogP contribution in [0, 0.1) is 20.8 Å². The number of amides is 1. The first-order valence-electron chi connectivity index (χ1n) is 7.90. The number of anilines is 1. The first-order chi connectivity index (χ1) is 11.7. The van der Waals surface area contributed by atoms with Gasteiger partial charge in [0.05, 0.1) is 0 Å². The topological polar surface area (TPSA) is 85.6 Å². The molecule has 6 nitrogen and oxygen atoms in total. The molecule has 0 saturated carbocycles. The lowest BCUT2D eigenvalue weighted by atomic mass is 10.1. The maximum atomic E-state index is 12.4. The second-order valence-electron chi connectivity index (χ2n) is 5.88. The molecule has 132 valence electrons. The largest absolute Gasteiger partial charge is 0.465 e. The predicted molar refractivity (Wildman–Crippen MR) is 92.9 cm³/mol. The number of carbonyl (C=O) groups is 3. The summed E-state index contributed by atoms with van der Waals surface area (Å²) in [6.45, 7) is 8.16.